The largest absolute Gasteiger partial charge is 0.347 e. The van der Waals surface area contributed by atoms with Crippen LogP contribution < -0.4 is 5.32 Å². The fourth-order valence-electron chi connectivity index (χ4n) is 3.17. The van der Waals surface area contributed by atoms with Gasteiger partial charge in [0.25, 0.3) is 5.91 Å². The van der Waals surface area contributed by atoms with Crippen LogP contribution in [0.5, 0.6) is 0 Å². The summed E-state index contributed by atoms with van der Waals surface area (Å²) >= 11 is 1.39. The van der Waals surface area contributed by atoms with Crippen LogP contribution in [0.2, 0.25) is 0 Å². The predicted molar refractivity (Wildman–Crippen MR) is 110 cm³/mol. The molecule has 10 heteroatoms. The van der Waals surface area contributed by atoms with Gasteiger partial charge in [0.15, 0.2) is 0 Å². The standard InChI is InChI=1S/C19H21N5O3S2/c1-23-12-15(11-21-23)19-22-17(13-28-19)18(25)20-10-14-4-6-16(7-5-14)29(26,27)24-8-2-3-9-24/h4-7,11-13H,2-3,8-10H2,1H3,(H,20,25). The highest BCUT2D eigenvalue weighted by Crippen LogP contribution is 2.23. The van der Waals surface area contributed by atoms with Crippen molar-refractivity contribution in [3.63, 3.8) is 0 Å². The van der Waals surface area contributed by atoms with E-state index < -0.39 is 10.0 Å². The monoisotopic (exact) mass is 431 g/mol. The molecule has 0 radical (unpaired) electrons. The summed E-state index contributed by atoms with van der Waals surface area (Å²) in [6, 6.07) is 6.65. The second-order valence-electron chi connectivity index (χ2n) is 6.88. The Hall–Kier alpha value is -2.56. The summed E-state index contributed by atoms with van der Waals surface area (Å²) in [4.78, 5) is 17.0. The molecule has 0 spiro atoms. The van der Waals surface area contributed by atoms with Crippen molar-refractivity contribution in [3.8, 4) is 10.6 Å². The maximum absolute atomic E-state index is 12.6. The van der Waals surface area contributed by atoms with Gasteiger partial charge in [-0.25, -0.2) is 13.4 Å². The van der Waals surface area contributed by atoms with Crippen LogP contribution in [0.1, 0.15) is 28.9 Å². The van der Waals surface area contributed by atoms with Crippen LogP contribution in [-0.2, 0) is 23.6 Å². The molecule has 1 aliphatic rings. The fraction of sp³-hybridized carbons (Fsp3) is 0.316. The first-order chi connectivity index (χ1) is 13.9. The van der Waals surface area contributed by atoms with Gasteiger partial charge in [-0.15, -0.1) is 11.3 Å². The van der Waals surface area contributed by atoms with E-state index in [4.69, 9.17) is 0 Å². The maximum atomic E-state index is 12.6. The van der Waals surface area contributed by atoms with Crippen molar-refractivity contribution in [2.24, 2.45) is 7.05 Å². The lowest BCUT2D eigenvalue weighted by Crippen LogP contribution is -2.28. The SMILES string of the molecule is Cn1cc(-c2nc(C(=O)NCc3ccc(S(=O)(=O)N4CCCC4)cc3)cs2)cn1. The zero-order valence-corrected chi connectivity index (χ0v) is 17.5. The number of carbonyl (C=O) groups is 1. The smallest absolute Gasteiger partial charge is 0.271 e. The number of amides is 1. The number of rotatable bonds is 6. The van der Waals surface area contributed by atoms with E-state index in [9.17, 15) is 13.2 Å². The minimum atomic E-state index is -3.42. The Morgan fingerprint density at radius 1 is 1.21 bits per heavy atom. The van der Waals surface area contributed by atoms with Crippen LogP contribution >= 0.6 is 11.3 Å². The molecule has 4 rings (SSSR count). The van der Waals surface area contributed by atoms with Gasteiger partial charge >= 0.3 is 0 Å². The molecule has 1 amide bonds. The molecule has 0 atom stereocenters. The van der Waals surface area contributed by atoms with E-state index in [0.29, 0.717) is 25.3 Å². The molecule has 1 N–H and O–H groups in total. The van der Waals surface area contributed by atoms with Crippen molar-refractivity contribution in [2.45, 2.75) is 24.3 Å². The van der Waals surface area contributed by atoms with Crippen molar-refractivity contribution in [2.75, 3.05) is 13.1 Å². The van der Waals surface area contributed by atoms with Gasteiger partial charge in [-0.1, -0.05) is 12.1 Å². The molecule has 0 aliphatic carbocycles. The van der Waals surface area contributed by atoms with E-state index in [0.717, 1.165) is 29.0 Å². The number of aryl methyl sites for hydroxylation is 1. The lowest BCUT2D eigenvalue weighted by Gasteiger charge is -2.15. The minimum absolute atomic E-state index is 0.273. The number of nitrogens with one attached hydrogen (secondary N) is 1. The van der Waals surface area contributed by atoms with Crippen LogP contribution in [0.3, 0.4) is 0 Å². The van der Waals surface area contributed by atoms with Gasteiger partial charge in [-0.2, -0.15) is 9.40 Å². The zero-order chi connectivity index (χ0) is 20.4. The highest BCUT2D eigenvalue weighted by atomic mass is 32.2. The number of hydrogen-bond donors (Lipinski definition) is 1. The van der Waals surface area contributed by atoms with Crippen LogP contribution in [0.15, 0.2) is 46.9 Å². The molecule has 3 aromatic rings. The van der Waals surface area contributed by atoms with Crippen LogP contribution in [0, 0.1) is 0 Å². The molecule has 0 saturated carbocycles. The van der Waals surface area contributed by atoms with Crippen LogP contribution in [0.25, 0.3) is 10.6 Å². The predicted octanol–water partition coefficient (Wildman–Crippen LogP) is 2.26. The molecule has 29 heavy (non-hydrogen) atoms. The third-order valence-electron chi connectivity index (χ3n) is 4.77. The Morgan fingerprint density at radius 2 is 1.93 bits per heavy atom. The first-order valence-corrected chi connectivity index (χ1v) is 11.6. The Labute approximate surface area is 173 Å². The molecule has 8 nitrogen and oxygen atoms in total. The average Bonchev–Trinajstić information content (AvgIpc) is 3.47. The molecule has 3 heterocycles. The average molecular weight is 432 g/mol. The quantitative estimate of drug-likeness (QED) is 0.646. The topological polar surface area (TPSA) is 97.2 Å². The Bertz CT molecular complexity index is 1110. The van der Waals surface area contributed by atoms with E-state index in [1.807, 2.05) is 13.2 Å². The summed E-state index contributed by atoms with van der Waals surface area (Å²) in [5.74, 6) is -0.273. The molecule has 1 aliphatic heterocycles. The summed E-state index contributed by atoms with van der Waals surface area (Å²) in [5, 5.41) is 9.38. The fourth-order valence-corrected chi connectivity index (χ4v) is 5.46. The molecule has 1 aromatic carbocycles. The van der Waals surface area contributed by atoms with Gasteiger partial charge in [0.1, 0.15) is 10.7 Å². The van der Waals surface area contributed by atoms with E-state index in [1.54, 1.807) is 40.5 Å². The minimum Gasteiger partial charge on any atom is -0.347 e. The number of thiazole rings is 1. The number of sulfonamides is 1. The summed E-state index contributed by atoms with van der Waals surface area (Å²) in [5.41, 5.74) is 2.04. The number of nitrogens with zero attached hydrogens (tertiary/aromatic N) is 4. The summed E-state index contributed by atoms with van der Waals surface area (Å²) in [6.07, 6.45) is 5.36. The number of benzene rings is 1. The number of hydrogen-bond acceptors (Lipinski definition) is 6. The molecule has 1 saturated heterocycles. The van der Waals surface area contributed by atoms with Crippen LogP contribution in [0.4, 0.5) is 0 Å². The third-order valence-corrected chi connectivity index (χ3v) is 7.57. The van der Waals surface area contributed by atoms with Crippen LogP contribution in [-0.4, -0.2) is 46.5 Å². The molecule has 152 valence electrons. The molecule has 0 unspecified atom stereocenters. The second kappa shape index (κ2) is 8.05. The number of carbonyl (C=O) groups excluding carboxylic acids is 1. The van der Waals surface area contributed by atoms with Gasteiger partial charge in [-0.3, -0.25) is 9.48 Å². The summed E-state index contributed by atoms with van der Waals surface area (Å²) < 4.78 is 28.3. The molecule has 1 fully saturated rings. The third kappa shape index (κ3) is 4.24. The Morgan fingerprint density at radius 3 is 2.59 bits per heavy atom. The molecule has 0 bridgehead atoms. The summed E-state index contributed by atoms with van der Waals surface area (Å²) in [7, 11) is -1.60. The van der Waals surface area contributed by atoms with Gasteiger partial charge < -0.3 is 5.32 Å². The highest BCUT2D eigenvalue weighted by molar-refractivity contribution is 7.89. The van der Waals surface area contributed by atoms with Gasteiger partial charge in [0, 0.05) is 43.8 Å². The normalized spacial score (nSPS) is 14.9. The molecular weight excluding hydrogens is 410 g/mol. The van der Waals surface area contributed by atoms with Gasteiger partial charge in [0.2, 0.25) is 10.0 Å². The Balaban J connectivity index is 1.38. The van der Waals surface area contributed by atoms with Crippen molar-refractivity contribution < 1.29 is 13.2 Å². The first-order valence-electron chi connectivity index (χ1n) is 9.25. The molecule has 2 aromatic heterocycles. The van der Waals surface area contributed by atoms with E-state index in [-0.39, 0.29) is 10.8 Å². The lowest BCUT2D eigenvalue weighted by molar-refractivity contribution is 0.0946. The van der Waals surface area contributed by atoms with E-state index in [2.05, 4.69) is 15.4 Å². The Kier molecular flexibility index (Phi) is 5.48. The van der Waals surface area contributed by atoms with Crippen molar-refractivity contribution >= 4 is 27.3 Å². The maximum Gasteiger partial charge on any atom is 0.271 e. The summed E-state index contributed by atoms with van der Waals surface area (Å²) in [6.45, 7) is 1.45. The van der Waals surface area contributed by atoms with Crippen molar-refractivity contribution in [1.82, 2.24) is 24.4 Å². The van der Waals surface area contributed by atoms with E-state index >= 15 is 0 Å². The van der Waals surface area contributed by atoms with Crippen molar-refractivity contribution in [3.05, 3.63) is 53.3 Å². The molecular formula is C19H21N5O3S2. The van der Waals surface area contributed by atoms with E-state index in [1.165, 1.54) is 15.6 Å². The zero-order valence-electron chi connectivity index (χ0n) is 15.9. The van der Waals surface area contributed by atoms with Gasteiger partial charge in [-0.05, 0) is 30.5 Å². The highest BCUT2D eigenvalue weighted by Gasteiger charge is 2.26. The first kappa shape index (κ1) is 19.7. The number of aromatic nitrogens is 3. The lowest BCUT2D eigenvalue weighted by atomic mass is 10.2. The van der Waals surface area contributed by atoms with Gasteiger partial charge in [0.05, 0.1) is 11.1 Å². The van der Waals surface area contributed by atoms with Crippen molar-refractivity contribution in [1.29, 1.82) is 0 Å². The second-order valence-corrected chi connectivity index (χ2v) is 9.67.